The van der Waals surface area contributed by atoms with Gasteiger partial charge in [0.2, 0.25) is 5.91 Å². The minimum absolute atomic E-state index is 0.188. The van der Waals surface area contributed by atoms with Crippen molar-refractivity contribution in [3.63, 3.8) is 0 Å². The summed E-state index contributed by atoms with van der Waals surface area (Å²) in [5.74, 6) is 0.490. The molecular formula is C18H17NO4. The van der Waals surface area contributed by atoms with Crippen molar-refractivity contribution in [3.8, 4) is 5.75 Å². The summed E-state index contributed by atoms with van der Waals surface area (Å²) in [5, 5.41) is 4.72. The monoisotopic (exact) mass is 311 g/mol. The highest BCUT2D eigenvalue weighted by Gasteiger charge is 2.10. The van der Waals surface area contributed by atoms with Crippen molar-refractivity contribution in [2.45, 2.75) is 20.3 Å². The molecule has 0 saturated heterocycles. The predicted octanol–water partition coefficient (Wildman–Crippen LogP) is 3.69. The Hall–Kier alpha value is -2.82. The van der Waals surface area contributed by atoms with E-state index in [0.717, 1.165) is 17.2 Å². The molecule has 0 unspecified atom stereocenters. The van der Waals surface area contributed by atoms with Crippen LogP contribution in [0.3, 0.4) is 0 Å². The van der Waals surface area contributed by atoms with Crippen molar-refractivity contribution in [2.24, 2.45) is 0 Å². The first kappa shape index (κ1) is 15.1. The Morgan fingerprint density at radius 2 is 1.91 bits per heavy atom. The van der Waals surface area contributed by atoms with E-state index >= 15 is 0 Å². The van der Waals surface area contributed by atoms with Gasteiger partial charge in [0.1, 0.15) is 11.3 Å². The fraction of sp³-hybridized carbons (Fsp3) is 0.222. The summed E-state index contributed by atoms with van der Waals surface area (Å²) >= 11 is 0. The number of anilines is 1. The van der Waals surface area contributed by atoms with Crippen LogP contribution in [0.25, 0.3) is 21.7 Å². The SMILES string of the molecule is CCCOc1ccc2c(c1)oc(=O)c1cc(NC(C)=O)ccc12. The summed E-state index contributed by atoms with van der Waals surface area (Å²) < 4.78 is 11.0. The zero-order valence-corrected chi connectivity index (χ0v) is 13.0. The highest BCUT2D eigenvalue weighted by molar-refractivity contribution is 6.06. The zero-order chi connectivity index (χ0) is 16.4. The lowest BCUT2D eigenvalue weighted by atomic mass is 10.1. The van der Waals surface area contributed by atoms with E-state index in [-0.39, 0.29) is 5.91 Å². The second kappa shape index (κ2) is 6.12. The fourth-order valence-electron chi connectivity index (χ4n) is 2.50. The first-order valence-electron chi connectivity index (χ1n) is 7.49. The molecule has 1 aromatic heterocycles. The molecule has 0 aliphatic carbocycles. The molecule has 0 spiro atoms. The molecule has 3 aromatic rings. The molecule has 0 aliphatic heterocycles. The number of hydrogen-bond acceptors (Lipinski definition) is 4. The molecule has 2 aromatic carbocycles. The molecule has 0 saturated carbocycles. The van der Waals surface area contributed by atoms with Crippen molar-refractivity contribution in [1.82, 2.24) is 0 Å². The number of rotatable bonds is 4. The third-order valence-corrected chi connectivity index (χ3v) is 3.48. The number of carbonyl (C=O) groups excluding carboxylic acids is 1. The number of benzene rings is 2. The minimum atomic E-state index is -0.438. The standard InChI is InChI=1S/C18H17NO4/c1-3-8-22-13-5-7-15-14-6-4-12(19-11(2)20)9-16(14)18(21)23-17(15)10-13/h4-7,9-10H,3,8H2,1-2H3,(H,19,20). The van der Waals surface area contributed by atoms with E-state index in [2.05, 4.69) is 5.32 Å². The molecule has 0 fully saturated rings. The Kier molecular flexibility index (Phi) is 4.02. The van der Waals surface area contributed by atoms with Gasteiger partial charge in [-0.25, -0.2) is 4.79 Å². The van der Waals surface area contributed by atoms with Gasteiger partial charge in [0, 0.05) is 29.4 Å². The molecule has 1 heterocycles. The third kappa shape index (κ3) is 3.04. The zero-order valence-electron chi connectivity index (χ0n) is 13.0. The van der Waals surface area contributed by atoms with Crippen molar-refractivity contribution in [1.29, 1.82) is 0 Å². The maximum atomic E-state index is 12.2. The van der Waals surface area contributed by atoms with Gasteiger partial charge in [-0.2, -0.15) is 0 Å². The Morgan fingerprint density at radius 3 is 2.65 bits per heavy atom. The summed E-state index contributed by atoms with van der Waals surface area (Å²) in [6.45, 7) is 4.07. The summed E-state index contributed by atoms with van der Waals surface area (Å²) in [4.78, 5) is 23.4. The molecule has 23 heavy (non-hydrogen) atoms. The summed E-state index contributed by atoms with van der Waals surface area (Å²) in [5.41, 5.74) is 0.621. The lowest BCUT2D eigenvalue weighted by Crippen LogP contribution is -2.07. The molecule has 0 bridgehead atoms. The molecule has 0 atom stereocenters. The number of nitrogens with one attached hydrogen (secondary N) is 1. The van der Waals surface area contributed by atoms with Gasteiger partial charge in [0.25, 0.3) is 0 Å². The van der Waals surface area contributed by atoms with Gasteiger partial charge in [0.05, 0.1) is 12.0 Å². The second-order valence-electron chi connectivity index (χ2n) is 5.34. The van der Waals surface area contributed by atoms with Crippen molar-refractivity contribution in [2.75, 3.05) is 11.9 Å². The molecule has 0 radical (unpaired) electrons. The van der Waals surface area contributed by atoms with Gasteiger partial charge in [-0.3, -0.25) is 4.79 Å². The van der Waals surface area contributed by atoms with Gasteiger partial charge in [-0.1, -0.05) is 13.0 Å². The van der Waals surface area contributed by atoms with Crippen LogP contribution < -0.4 is 15.7 Å². The molecule has 0 aliphatic rings. The van der Waals surface area contributed by atoms with Crippen LogP contribution in [-0.2, 0) is 4.79 Å². The first-order valence-corrected chi connectivity index (χ1v) is 7.49. The average molecular weight is 311 g/mol. The van der Waals surface area contributed by atoms with E-state index in [1.165, 1.54) is 6.92 Å². The van der Waals surface area contributed by atoms with Crippen LogP contribution in [0.4, 0.5) is 5.69 Å². The second-order valence-corrected chi connectivity index (χ2v) is 5.34. The fourth-order valence-corrected chi connectivity index (χ4v) is 2.50. The maximum absolute atomic E-state index is 12.2. The van der Waals surface area contributed by atoms with E-state index in [1.54, 1.807) is 18.2 Å². The molecule has 5 heteroatoms. The summed E-state index contributed by atoms with van der Waals surface area (Å²) in [7, 11) is 0. The lowest BCUT2D eigenvalue weighted by molar-refractivity contribution is -0.114. The topological polar surface area (TPSA) is 68.5 Å². The van der Waals surface area contributed by atoms with Crippen molar-refractivity contribution >= 4 is 33.3 Å². The van der Waals surface area contributed by atoms with Crippen molar-refractivity contribution in [3.05, 3.63) is 46.8 Å². The number of carbonyl (C=O) groups is 1. The van der Waals surface area contributed by atoms with Gasteiger partial charge in [-0.15, -0.1) is 0 Å². The molecule has 5 nitrogen and oxygen atoms in total. The van der Waals surface area contributed by atoms with Gasteiger partial charge >= 0.3 is 5.63 Å². The largest absolute Gasteiger partial charge is 0.493 e. The van der Waals surface area contributed by atoms with Gasteiger partial charge < -0.3 is 14.5 Å². The molecule has 3 rings (SSSR count). The number of hydrogen-bond donors (Lipinski definition) is 1. The van der Waals surface area contributed by atoms with E-state index in [9.17, 15) is 9.59 Å². The molecule has 1 N–H and O–H groups in total. The van der Waals surface area contributed by atoms with Crippen LogP contribution in [0.2, 0.25) is 0 Å². The summed E-state index contributed by atoms with van der Waals surface area (Å²) in [6, 6.07) is 10.7. The Balaban J connectivity index is 2.15. The number of ether oxygens (including phenoxy) is 1. The van der Waals surface area contributed by atoms with Crippen LogP contribution >= 0.6 is 0 Å². The van der Waals surface area contributed by atoms with Crippen LogP contribution in [0.1, 0.15) is 20.3 Å². The smallest absolute Gasteiger partial charge is 0.344 e. The van der Waals surface area contributed by atoms with E-state index < -0.39 is 5.63 Å². The predicted molar refractivity (Wildman–Crippen MR) is 90.1 cm³/mol. The molecule has 118 valence electrons. The highest BCUT2D eigenvalue weighted by atomic mass is 16.5. The third-order valence-electron chi connectivity index (χ3n) is 3.48. The number of fused-ring (bicyclic) bond motifs is 3. The Morgan fingerprint density at radius 1 is 1.13 bits per heavy atom. The minimum Gasteiger partial charge on any atom is -0.493 e. The molecular weight excluding hydrogens is 294 g/mol. The quantitative estimate of drug-likeness (QED) is 0.589. The van der Waals surface area contributed by atoms with E-state index in [4.69, 9.17) is 9.15 Å². The van der Waals surface area contributed by atoms with Crippen molar-refractivity contribution < 1.29 is 13.9 Å². The van der Waals surface area contributed by atoms with Crippen LogP contribution in [-0.4, -0.2) is 12.5 Å². The lowest BCUT2D eigenvalue weighted by Gasteiger charge is -2.08. The normalized spacial score (nSPS) is 10.9. The summed E-state index contributed by atoms with van der Waals surface area (Å²) in [6.07, 6.45) is 0.908. The average Bonchev–Trinajstić information content (AvgIpc) is 2.52. The van der Waals surface area contributed by atoms with Crippen LogP contribution in [0.5, 0.6) is 5.75 Å². The van der Waals surface area contributed by atoms with Crippen LogP contribution in [0.15, 0.2) is 45.6 Å². The maximum Gasteiger partial charge on any atom is 0.344 e. The van der Waals surface area contributed by atoms with E-state index in [1.807, 2.05) is 25.1 Å². The van der Waals surface area contributed by atoms with E-state index in [0.29, 0.717) is 29.0 Å². The molecule has 1 amide bonds. The van der Waals surface area contributed by atoms with Gasteiger partial charge in [-0.05, 0) is 30.7 Å². The van der Waals surface area contributed by atoms with Crippen LogP contribution in [0, 0.1) is 0 Å². The highest BCUT2D eigenvalue weighted by Crippen LogP contribution is 2.28. The Labute approximate surface area is 132 Å². The first-order chi connectivity index (χ1) is 11.1. The number of amides is 1. The van der Waals surface area contributed by atoms with Gasteiger partial charge in [0.15, 0.2) is 0 Å². The Bertz CT molecular complexity index is 943.